The van der Waals surface area contributed by atoms with Crippen molar-refractivity contribution < 1.29 is 4.79 Å². The van der Waals surface area contributed by atoms with Crippen LogP contribution in [0.25, 0.3) is 16.9 Å². The molecule has 3 nitrogen and oxygen atoms in total. The van der Waals surface area contributed by atoms with Crippen LogP contribution in [-0.2, 0) is 0 Å². The fraction of sp³-hybridized carbons (Fsp3) is 0.0588. The van der Waals surface area contributed by atoms with E-state index in [2.05, 4.69) is 27.7 Å². The molecule has 1 aromatic heterocycles. The molecule has 116 valence electrons. The number of hydrogen-bond donors (Lipinski definition) is 0. The van der Waals surface area contributed by atoms with Gasteiger partial charge in [0.15, 0.2) is 6.29 Å². The largest absolute Gasteiger partial charge is 0.296 e. The van der Waals surface area contributed by atoms with E-state index in [1.54, 1.807) is 22.9 Å². The summed E-state index contributed by atoms with van der Waals surface area (Å²) < 4.78 is 2.83. The van der Waals surface area contributed by atoms with Gasteiger partial charge in [-0.05, 0) is 59.8 Å². The van der Waals surface area contributed by atoms with Crippen molar-refractivity contribution in [3.63, 3.8) is 0 Å². The molecule has 0 aliphatic heterocycles. The van der Waals surface area contributed by atoms with E-state index in [0.717, 1.165) is 26.7 Å². The molecule has 3 rings (SSSR count). The first-order valence-electron chi connectivity index (χ1n) is 6.77. The van der Waals surface area contributed by atoms with Gasteiger partial charge in [0.2, 0.25) is 0 Å². The average molecular weight is 457 g/mol. The Morgan fingerprint density at radius 1 is 1.13 bits per heavy atom. The average Bonchev–Trinajstić information content (AvgIpc) is 2.85. The number of halogens is 3. The Morgan fingerprint density at radius 3 is 2.43 bits per heavy atom. The Hall–Kier alpha value is -1.37. The molecule has 0 aliphatic rings. The van der Waals surface area contributed by atoms with E-state index < -0.39 is 0 Å². The van der Waals surface area contributed by atoms with Crippen molar-refractivity contribution in [3.05, 3.63) is 67.3 Å². The van der Waals surface area contributed by atoms with Gasteiger partial charge in [-0.25, -0.2) is 4.68 Å². The smallest absolute Gasteiger partial charge is 0.170 e. The molecule has 0 N–H and O–H groups in total. The monoisotopic (exact) mass is 456 g/mol. The van der Waals surface area contributed by atoms with Crippen molar-refractivity contribution in [1.29, 1.82) is 0 Å². The predicted molar refractivity (Wildman–Crippen MR) is 102 cm³/mol. The van der Waals surface area contributed by atoms with Crippen molar-refractivity contribution in [2.45, 2.75) is 6.92 Å². The van der Waals surface area contributed by atoms with Crippen molar-refractivity contribution >= 4 is 52.1 Å². The van der Waals surface area contributed by atoms with E-state index in [9.17, 15) is 4.79 Å². The fourth-order valence-corrected chi connectivity index (χ4v) is 3.25. The molecule has 0 unspecified atom stereocenters. The molecule has 0 bridgehead atoms. The number of benzene rings is 2. The van der Waals surface area contributed by atoms with E-state index in [4.69, 9.17) is 23.2 Å². The zero-order valence-corrected chi connectivity index (χ0v) is 15.7. The van der Waals surface area contributed by atoms with Gasteiger partial charge >= 0.3 is 0 Å². The molecule has 0 saturated carbocycles. The first-order valence-corrected chi connectivity index (χ1v) is 8.61. The van der Waals surface area contributed by atoms with Gasteiger partial charge in [0, 0.05) is 19.7 Å². The third kappa shape index (κ3) is 3.16. The van der Waals surface area contributed by atoms with Crippen molar-refractivity contribution in [2.75, 3.05) is 0 Å². The molecule has 3 aromatic rings. The summed E-state index contributed by atoms with van der Waals surface area (Å²) in [4.78, 5) is 11.3. The first kappa shape index (κ1) is 16.5. The zero-order chi connectivity index (χ0) is 16.6. The van der Waals surface area contributed by atoms with E-state index in [-0.39, 0.29) is 0 Å². The highest BCUT2D eigenvalue weighted by Gasteiger charge is 2.18. The molecule has 0 amide bonds. The zero-order valence-electron chi connectivity index (χ0n) is 12.1. The molecule has 0 saturated heterocycles. The summed E-state index contributed by atoms with van der Waals surface area (Å²) in [7, 11) is 0. The molecule has 1 heterocycles. The molecule has 23 heavy (non-hydrogen) atoms. The van der Waals surface area contributed by atoms with Gasteiger partial charge in [0.1, 0.15) is 5.69 Å². The minimum absolute atomic E-state index is 0.393. The third-order valence-corrected chi connectivity index (χ3v) is 4.78. The molecule has 0 radical (unpaired) electrons. The fourth-order valence-electron chi connectivity index (χ4n) is 2.40. The second-order valence-electron chi connectivity index (χ2n) is 4.99. The van der Waals surface area contributed by atoms with Crippen LogP contribution >= 0.6 is 45.8 Å². The standard InChI is InChI=1S/C17H11Cl2IN2O/c1-10-15(9-23)21-22(16-7-4-12(18)8-14(16)19)17(10)11-2-5-13(20)6-3-11/h2-9H,1H3. The van der Waals surface area contributed by atoms with Crippen LogP contribution in [0.5, 0.6) is 0 Å². The lowest BCUT2D eigenvalue weighted by Gasteiger charge is -2.11. The summed E-state index contributed by atoms with van der Waals surface area (Å²) in [5.41, 5.74) is 3.69. The highest BCUT2D eigenvalue weighted by atomic mass is 127. The van der Waals surface area contributed by atoms with Crippen molar-refractivity contribution in [3.8, 4) is 16.9 Å². The highest BCUT2D eigenvalue weighted by molar-refractivity contribution is 14.1. The van der Waals surface area contributed by atoms with E-state index in [0.29, 0.717) is 21.4 Å². The van der Waals surface area contributed by atoms with Gasteiger partial charge < -0.3 is 0 Å². The molecular weight excluding hydrogens is 446 g/mol. The number of aldehydes is 1. The summed E-state index contributed by atoms with van der Waals surface area (Å²) in [6.07, 6.45) is 0.756. The van der Waals surface area contributed by atoms with Gasteiger partial charge in [-0.15, -0.1) is 0 Å². The number of hydrogen-bond acceptors (Lipinski definition) is 2. The lowest BCUT2D eigenvalue weighted by Crippen LogP contribution is -2.01. The molecular formula is C17H11Cl2IN2O. The lowest BCUT2D eigenvalue weighted by atomic mass is 10.1. The van der Waals surface area contributed by atoms with Gasteiger partial charge in [-0.3, -0.25) is 4.79 Å². The van der Waals surface area contributed by atoms with Crippen LogP contribution in [0.4, 0.5) is 0 Å². The van der Waals surface area contributed by atoms with Crippen molar-refractivity contribution in [2.24, 2.45) is 0 Å². The summed E-state index contributed by atoms with van der Waals surface area (Å²) in [6, 6.07) is 13.2. The van der Waals surface area contributed by atoms with Gasteiger partial charge in [0.05, 0.1) is 16.4 Å². The number of carbonyl (C=O) groups is 1. The lowest BCUT2D eigenvalue weighted by molar-refractivity contribution is 0.111. The Labute approximate surface area is 157 Å². The summed E-state index contributed by atoms with van der Waals surface area (Å²) in [5, 5.41) is 5.43. The molecule has 0 fully saturated rings. The SMILES string of the molecule is Cc1c(C=O)nn(-c2ccc(Cl)cc2Cl)c1-c1ccc(I)cc1. The van der Waals surface area contributed by atoms with Crippen LogP contribution in [0.2, 0.25) is 10.0 Å². The Bertz CT molecular complexity index is 888. The Kier molecular flexibility index (Phi) is 4.75. The van der Waals surface area contributed by atoms with Crippen LogP contribution in [0.15, 0.2) is 42.5 Å². The second kappa shape index (κ2) is 6.63. The van der Waals surface area contributed by atoms with Crippen LogP contribution in [0.1, 0.15) is 16.1 Å². The Balaban J connectivity index is 2.28. The van der Waals surface area contributed by atoms with Crippen molar-refractivity contribution in [1.82, 2.24) is 9.78 Å². The molecule has 0 atom stereocenters. The van der Waals surface area contributed by atoms with Crippen LogP contribution < -0.4 is 0 Å². The number of rotatable bonds is 3. The van der Waals surface area contributed by atoms with Gasteiger partial charge in [-0.1, -0.05) is 35.3 Å². The quantitative estimate of drug-likeness (QED) is 0.381. The van der Waals surface area contributed by atoms with Crippen LogP contribution in [0.3, 0.4) is 0 Å². The van der Waals surface area contributed by atoms with E-state index >= 15 is 0 Å². The van der Waals surface area contributed by atoms with Gasteiger partial charge in [0.25, 0.3) is 0 Å². The summed E-state index contributed by atoms with van der Waals surface area (Å²) in [6.45, 7) is 1.88. The topological polar surface area (TPSA) is 34.9 Å². The highest BCUT2D eigenvalue weighted by Crippen LogP contribution is 2.32. The van der Waals surface area contributed by atoms with E-state index in [1.165, 1.54) is 0 Å². The molecule has 0 aliphatic carbocycles. The molecule has 2 aromatic carbocycles. The van der Waals surface area contributed by atoms with Gasteiger partial charge in [-0.2, -0.15) is 5.10 Å². The summed E-state index contributed by atoms with van der Waals surface area (Å²) in [5.74, 6) is 0. The maximum Gasteiger partial charge on any atom is 0.170 e. The predicted octanol–water partition coefficient (Wildman–Crippen LogP) is 5.57. The second-order valence-corrected chi connectivity index (χ2v) is 7.08. The maximum atomic E-state index is 11.3. The van der Waals surface area contributed by atoms with Crippen LogP contribution in [0, 0.1) is 10.5 Å². The third-order valence-electron chi connectivity index (χ3n) is 3.53. The minimum Gasteiger partial charge on any atom is -0.296 e. The minimum atomic E-state index is 0.393. The normalized spacial score (nSPS) is 10.8. The van der Waals surface area contributed by atoms with E-state index in [1.807, 2.05) is 31.2 Å². The number of nitrogens with zero attached hydrogens (tertiary/aromatic N) is 2. The molecule has 6 heteroatoms. The Morgan fingerprint density at radius 2 is 1.83 bits per heavy atom. The molecule has 0 spiro atoms. The maximum absolute atomic E-state index is 11.3. The van der Waals surface area contributed by atoms with Crippen LogP contribution in [-0.4, -0.2) is 16.1 Å². The summed E-state index contributed by atoms with van der Waals surface area (Å²) >= 11 is 14.5. The number of carbonyl (C=O) groups excluding carboxylic acids is 1. The first-order chi connectivity index (χ1) is 11.0. The number of aromatic nitrogens is 2.